The van der Waals surface area contributed by atoms with Crippen LogP contribution in [0.4, 0.5) is 5.69 Å². The van der Waals surface area contributed by atoms with Crippen LogP contribution >= 0.6 is 15.9 Å². The van der Waals surface area contributed by atoms with E-state index < -0.39 is 5.91 Å². The van der Waals surface area contributed by atoms with E-state index in [4.69, 9.17) is 11.5 Å². The smallest absolute Gasteiger partial charge is 0.271 e. The molecule has 1 aromatic heterocycles. The van der Waals surface area contributed by atoms with Crippen molar-refractivity contribution in [1.82, 2.24) is 10.2 Å². The lowest BCUT2D eigenvalue weighted by Gasteiger charge is -2.07. The number of amides is 1. The molecule has 5 nitrogen and oxygen atoms in total. The molecule has 1 aromatic carbocycles. The number of aryl methyl sites for hydroxylation is 1. The Hall–Kier alpha value is -1.69. The number of nitrogens with two attached hydrogens (primary N) is 2. The van der Waals surface area contributed by atoms with Crippen molar-refractivity contribution in [2.24, 2.45) is 5.73 Å². The number of anilines is 1. The minimum Gasteiger partial charge on any atom is -0.396 e. The van der Waals surface area contributed by atoms with E-state index in [-0.39, 0.29) is 5.69 Å². The Bertz CT molecular complexity index is 585. The zero-order chi connectivity index (χ0) is 12.4. The minimum absolute atomic E-state index is 0.0218. The molecule has 0 fully saturated rings. The Morgan fingerprint density at radius 3 is 2.76 bits per heavy atom. The predicted octanol–water partition coefficient (Wildman–Crippen LogP) is 1.25. The molecule has 0 saturated carbocycles. The summed E-state index contributed by atoms with van der Waals surface area (Å²) >= 11 is 3.37. The highest BCUT2D eigenvalue weighted by atomic mass is 79.9. The number of rotatable bonds is 3. The lowest BCUT2D eigenvalue weighted by Crippen LogP contribution is -2.17. The van der Waals surface area contributed by atoms with E-state index in [9.17, 15) is 4.79 Å². The number of halogens is 1. The monoisotopic (exact) mass is 294 g/mol. The van der Waals surface area contributed by atoms with E-state index >= 15 is 0 Å². The lowest BCUT2D eigenvalue weighted by molar-refractivity contribution is 0.0996. The fourth-order valence-corrected chi connectivity index (χ4v) is 2.12. The van der Waals surface area contributed by atoms with Gasteiger partial charge < -0.3 is 11.5 Å². The molecule has 0 atom stereocenters. The largest absolute Gasteiger partial charge is 0.396 e. The van der Waals surface area contributed by atoms with Crippen LogP contribution in [0.15, 0.2) is 18.2 Å². The van der Waals surface area contributed by atoms with Crippen molar-refractivity contribution in [3.63, 3.8) is 0 Å². The first kappa shape index (κ1) is 11.8. The van der Waals surface area contributed by atoms with Crippen LogP contribution in [0.25, 0.3) is 10.9 Å². The van der Waals surface area contributed by atoms with Crippen molar-refractivity contribution < 1.29 is 4.79 Å². The molecule has 0 spiro atoms. The van der Waals surface area contributed by atoms with Crippen molar-refractivity contribution in [3.8, 4) is 0 Å². The van der Waals surface area contributed by atoms with Gasteiger partial charge in [-0.05, 0) is 12.0 Å². The molecular weight excluding hydrogens is 284 g/mol. The van der Waals surface area contributed by atoms with Gasteiger partial charge in [0.15, 0.2) is 5.69 Å². The van der Waals surface area contributed by atoms with E-state index in [0.29, 0.717) is 11.1 Å². The molecule has 0 unspecified atom stereocenters. The molecule has 88 valence electrons. The fourth-order valence-electron chi connectivity index (χ4n) is 1.69. The van der Waals surface area contributed by atoms with Crippen LogP contribution in [-0.4, -0.2) is 21.4 Å². The van der Waals surface area contributed by atoms with Crippen LogP contribution in [-0.2, 0) is 6.42 Å². The van der Waals surface area contributed by atoms with Crippen LogP contribution in [0.2, 0.25) is 0 Å². The molecule has 0 aliphatic rings. The molecule has 4 N–H and O–H groups in total. The molecular formula is C11H11BrN4O. The van der Waals surface area contributed by atoms with Gasteiger partial charge in [-0.2, -0.15) is 0 Å². The van der Waals surface area contributed by atoms with Crippen LogP contribution in [0.5, 0.6) is 0 Å². The number of nitrogens with zero attached hydrogens (tertiary/aromatic N) is 2. The Morgan fingerprint density at radius 2 is 2.12 bits per heavy atom. The number of hydrogen-bond acceptors (Lipinski definition) is 4. The first-order valence-electron chi connectivity index (χ1n) is 5.04. The van der Waals surface area contributed by atoms with E-state index in [0.717, 1.165) is 22.8 Å². The minimum atomic E-state index is -0.664. The molecule has 0 saturated heterocycles. The fraction of sp³-hybridized carbons (Fsp3) is 0.182. The molecule has 0 radical (unpaired) electrons. The van der Waals surface area contributed by atoms with Gasteiger partial charge in [-0.1, -0.05) is 34.1 Å². The van der Waals surface area contributed by atoms with Gasteiger partial charge in [-0.25, -0.2) is 0 Å². The molecule has 0 aliphatic heterocycles. The zero-order valence-electron chi connectivity index (χ0n) is 8.98. The summed E-state index contributed by atoms with van der Waals surface area (Å²) in [5, 5.41) is 9.35. The maximum atomic E-state index is 11.1. The molecule has 6 heteroatoms. The van der Waals surface area contributed by atoms with Crippen LogP contribution in [0, 0.1) is 0 Å². The summed E-state index contributed by atoms with van der Waals surface area (Å²) in [7, 11) is 0. The van der Waals surface area contributed by atoms with Gasteiger partial charge in [-0.15, -0.1) is 10.2 Å². The Balaban J connectivity index is 2.71. The first-order chi connectivity index (χ1) is 8.15. The molecule has 17 heavy (non-hydrogen) atoms. The number of aromatic nitrogens is 2. The Kier molecular flexibility index (Phi) is 3.23. The van der Waals surface area contributed by atoms with Crippen LogP contribution in [0.1, 0.15) is 16.1 Å². The summed E-state index contributed by atoms with van der Waals surface area (Å²) in [6.07, 6.45) is 0.821. The Morgan fingerprint density at radius 1 is 1.35 bits per heavy atom. The van der Waals surface area contributed by atoms with Gasteiger partial charge >= 0.3 is 0 Å². The van der Waals surface area contributed by atoms with E-state index in [2.05, 4.69) is 26.1 Å². The van der Waals surface area contributed by atoms with Crippen molar-refractivity contribution in [1.29, 1.82) is 0 Å². The lowest BCUT2D eigenvalue weighted by atomic mass is 10.1. The van der Waals surface area contributed by atoms with Gasteiger partial charge in [-0.3, -0.25) is 4.79 Å². The van der Waals surface area contributed by atoms with Crippen molar-refractivity contribution in [3.05, 3.63) is 29.5 Å². The van der Waals surface area contributed by atoms with Crippen LogP contribution < -0.4 is 11.5 Å². The maximum absolute atomic E-state index is 11.1. The van der Waals surface area contributed by atoms with Gasteiger partial charge in [0.1, 0.15) is 0 Å². The zero-order valence-corrected chi connectivity index (χ0v) is 10.6. The highest BCUT2D eigenvalue weighted by Crippen LogP contribution is 2.24. The second-order valence-corrected chi connectivity index (χ2v) is 4.37. The third kappa shape index (κ3) is 2.08. The maximum Gasteiger partial charge on any atom is 0.271 e. The SMILES string of the molecule is NC(=O)c1nnc2c(CCBr)cccc2c1N. The molecule has 1 amide bonds. The number of carbonyl (C=O) groups excluding carboxylic acids is 1. The average molecular weight is 295 g/mol. The summed E-state index contributed by atoms with van der Waals surface area (Å²) in [6.45, 7) is 0. The third-order valence-electron chi connectivity index (χ3n) is 2.51. The second-order valence-electron chi connectivity index (χ2n) is 3.58. The normalized spacial score (nSPS) is 10.6. The standard InChI is InChI=1S/C11H11BrN4O/c12-5-4-6-2-1-3-7-8(13)10(11(14)17)16-15-9(6)7/h1-3H,4-5H2,(H2,13,15)(H2,14,17). The van der Waals surface area contributed by atoms with Crippen molar-refractivity contribution in [2.75, 3.05) is 11.1 Å². The number of nitrogen functional groups attached to an aromatic ring is 1. The highest BCUT2D eigenvalue weighted by molar-refractivity contribution is 9.09. The first-order valence-corrected chi connectivity index (χ1v) is 6.16. The van der Waals surface area contributed by atoms with E-state index in [1.807, 2.05) is 18.2 Å². The molecule has 1 heterocycles. The summed E-state index contributed by atoms with van der Waals surface area (Å²) in [6, 6.07) is 5.65. The summed E-state index contributed by atoms with van der Waals surface area (Å²) in [5.74, 6) is -0.664. The number of hydrogen-bond donors (Lipinski definition) is 2. The highest BCUT2D eigenvalue weighted by Gasteiger charge is 2.13. The predicted molar refractivity (Wildman–Crippen MR) is 70.0 cm³/mol. The topological polar surface area (TPSA) is 94.9 Å². The molecule has 2 aromatic rings. The van der Waals surface area contributed by atoms with Crippen molar-refractivity contribution >= 4 is 38.4 Å². The summed E-state index contributed by atoms with van der Waals surface area (Å²) in [5.41, 5.74) is 13.1. The van der Waals surface area contributed by atoms with Crippen molar-refractivity contribution in [2.45, 2.75) is 6.42 Å². The number of primary amides is 1. The summed E-state index contributed by atoms with van der Waals surface area (Å²) in [4.78, 5) is 11.1. The molecule has 0 aliphatic carbocycles. The van der Waals surface area contributed by atoms with Gasteiger partial charge in [0.2, 0.25) is 0 Å². The number of fused-ring (bicyclic) bond motifs is 1. The summed E-state index contributed by atoms with van der Waals surface area (Å²) < 4.78 is 0. The molecule has 2 rings (SSSR count). The van der Waals surface area contributed by atoms with Crippen LogP contribution in [0.3, 0.4) is 0 Å². The Labute approximate surface area is 106 Å². The molecule has 0 bridgehead atoms. The average Bonchev–Trinajstić information content (AvgIpc) is 2.30. The van der Waals surface area contributed by atoms with E-state index in [1.54, 1.807) is 0 Å². The quantitative estimate of drug-likeness (QED) is 0.833. The van der Waals surface area contributed by atoms with Gasteiger partial charge in [0.25, 0.3) is 5.91 Å². The van der Waals surface area contributed by atoms with Gasteiger partial charge in [0, 0.05) is 10.7 Å². The number of alkyl halides is 1. The second kappa shape index (κ2) is 4.67. The third-order valence-corrected chi connectivity index (χ3v) is 2.91. The number of carbonyl (C=O) groups is 1. The van der Waals surface area contributed by atoms with E-state index in [1.165, 1.54) is 0 Å². The number of benzene rings is 1. The van der Waals surface area contributed by atoms with Gasteiger partial charge in [0.05, 0.1) is 11.2 Å².